The summed E-state index contributed by atoms with van der Waals surface area (Å²) >= 11 is 0. The fourth-order valence-corrected chi connectivity index (χ4v) is 1.52. The van der Waals surface area contributed by atoms with Gasteiger partial charge in [-0.1, -0.05) is 5.21 Å². The van der Waals surface area contributed by atoms with Crippen molar-refractivity contribution in [1.29, 1.82) is 0 Å². The fraction of sp³-hybridized carbons (Fsp3) is 0.571. The third-order valence-electron chi connectivity index (χ3n) is 2.13. The Labute approximate surface area is 87.3 Å². The number of hydrogen-bond acceptors (Lipinski definition) is 4. The number of aryl methyl sites for hydroxylation is 1. The van der Waals surface area contributed by atoms with Gasteiger partial charge in [0.25, 0.3) is 0 Å². The number of nitrogens with zero attached hydrogens (tertiary/aromatic N) is 3. The summed E-state index contributed by atoms with van der Waals surface area (Å²) in [4.78, 5) is 10.6. The molecule has 0 saturated heterocycles. The summed E-state index contributed by atoms with van der Waals surface area (Å²) in [6, 6.07) is -0.615. The summed E-state index contributed by atoms with van der Waals surface area (Å²) in [5.74, 6) is -1.07. The van der Waals surface area contributed by atoms with E-state index in [1.54, 1.807) is 6.20 Å². The van der Waals surface area contributed by atoms with Crippen LogP contribution in [0.5, 0.6) is 0 Å². The second kappa shape index (κ2) is 3.94. The number of carbonyl (C=O) groups excluding carboxylic acids is 1. The van der Waals surface area contributed by atoms with Crippen molar-refractivity contribution in [3.8, 4) is 0 Å². The monoisotopic (exact) mass is 173 g/mol. The van der Waals surface area contributed by atoms with Crippen LogP contribution in [-0.4, -0.2) is 21.0 Å². The predicted molar refractivity (Wildman–Crippen MR) is 37.0 cm³/mol. The first-order valence-corrected chi connectivity index (χ1v) is 3.89. The van der Waals surface area contributed by atoms with Crippen LogP contribution in [0, 0.1) is 0 Å². The molecular formula is C7H8LiN3O2. The zero-order chi connectivity index (χ0) is 8.55. The molecule has 64 valence electrons. The van der Waals surface area contributed by atoms with Gasteiger partial charge in [-0.2, -0.15) is 0 Å². The van der Waals surface area contributed by atoms with E-state index in [0.29, 0.717) is 6.42 Å². The molecular weight excluding hydrogens is 165 g/mol. The Morgan fingerprint density at radius 2 is 2.46 bits per heavy atom. The Bertz CT molecular complexity index is 312. The first-order chi connectivity index (χ1) is 5.79. The van der Waals surface area contributed by atoms with Crippen LogP contribution in [0.2, 0.25) is 0 Å². The molecule has 2 rings (SSSR count). The quantitative estimate of drug-likeness (QED) is 0.405. The summed E-state index contributed by atoms with van der Waals surface area (Å²) in [5.41, 5.74) is 0.885. The van der Waals surface area contributed by atoms with Crippen molar-refractivity contribution in [2.24, 2.45) is 0 Å². The van der Waals surface area contributed by atoms with Crippen molar-refractivity contribution < 1.29 is 28.8 Å². The summed E-state index contributed by atoms with van der Waals surface area (Å²) in [6.45, 7) is 0. The normalized spacial score (nSPS) is 20.2. The van der Waals surface area contributed by atoms with E-state index in [0.717, 1.165) is 18.5 Å². The number of carboxylic acid groups (broad SMARTS) is 1. The van der Waals surface area contributed by atoms with Crippen LogP contribution >= 0.6 is 0 Å². The van der Waals surface area contributed by atoms with Gasteiger partial charge in [0.05, 0.1) is 23.9 Å². The minimum absolute atomic E-state index is 0. The molecule has 5 nitrogen and oxygen atoms in total. The summed E-state index contributed by atoms with van der Waals surface area (Å²) in [6.07, 6.45) is 3.93. The Morgan fingerprint density at radius 3 is 3.15 bits per heavy atom. The molecule has 2 heterocycles. The maximum absolute atomic E-state index is 10.6. The number of aliphatic carboxylic acids is 1. The van der Waals surface area contributed by atoms with Crippen molar-refractivity contribution >= 4 is 5.97 Å². The topological polar surface area (TPSA) is 70.8 Å². The van der Waals surface area contributed by atoms with Gasteiger partial charge >= 0.3 is 18.9 Å². The van der Waals surface area contributed by atoms with Gasteiger partial charge in [0, 0.05) is 0 Å². The van der Waals surface area contributed by atoms with Gasteiger partial charge in [-0.05, 0) is 19.3 Å². The van der Waals surface area contributed by atoms with E-state index in [2.05, 4.69) is 10.3 Å². The molecule has 1 aromatic heterocycles. The molecule has 1 unspecified atom stereocenters. The zero-order valence-corrected chi connectivity index (χ0v) is 7.43. The second-order valence-corrected chi connectivity index (χ2v) is 2.90. The minimum Gasteiger partial charge on any atom is -0.548 e. The molecule has 1 aromatic rings. The van der Waals surface area contributed by atoms with E-state index in [9.17, 15) is 9.90 Å². The van der Waals surface area contributed by atoms with Crippen LogP contribution < -0.4 is 24.0 Å². The molecule has 13 heavy (non-hydrogen) atoms. The number of rotatable bonds is 1. The van der Waals surface area contributed by atoms with E-state index in [1.807, 2.05) is 0 Å². The summed E-state index contributed by atoms with van der Waals surface area (Å²) < 4.78 is 1.44. The molecule has 1 atom stereocenters. The van der Waals surface area contributed by atoms with Gasteiger partial charge in [-0.3, -0.25) is 0 Å². The van der Waals surface area contributed by atoms with E-state index >= 15 is 0 Å². The Kier molecular flexibility index (Phi) is 3.12. The first-order valence-electron chi connectivity index (χ1n) is 3.89. The van der Waals surface area contributed by atoms with E-state index in [1.165, 1.54) is 4.68 Å². The van der Waals surface area contributed by atoms with Crippen molar-refractivity contribution in [1.82, 2.24) is 15.0 Å². The summed E-state index contributed by atoms with van der Waals surface area (Å²) in [7, 11) is 0. The molecule has 0 spiro atoms. The van der Waals surface area contributed by atoms with Crippen LogP contribution in [0.1, 0.15) is 24.6 Å². The second-order valence-electron chi connectivity index (χ2n) is 2.90. The first kappa shape index (κ1) is 10.3. The predicted octanol–water partition coefficient (Wildman–Crippen LogP) is -4.09. The van der Waals surface area contributed by atoms with Gasteiger partial charge in [0.1, 0.15) is 0 Å². The van der Waals surface area contributed by atoms with Gasteiger partial charge in [-0.25, -0.2) is 4.68 Å². The van der Waals surface area contributed by atoms with Gasteiger partial charge in [0.15, 0.2) is 0 Å². The van der Waals surface area contributed by atoms with Gasteiger partial charge < -0.3 is 9.90 Å². The van der Waals surface area contributed by atoms with Crippen molar-refractivity contribution in [3.63, 3.8) is 0 Å². The van der Waals surface area contributed by atoms with E-state index < -0.39 is 12.0 Å². The molecule has 0 aliphatic carbocycles. The Morgan fingerprint density at radius 1 is 1.69 bits per heavy atom. The van der Waals surface area contributed by atoms with Crippen molar-refractivity contribution in [2.45, 2.75) is 25.3 Å². The van der Waals surface area contributed by atoms with E-state index in [-0.39, 0.29) is 18.9 Å². The number of carboxylic acids is 1. The Hall–Kier alpha value is -0.793. The molecule has 6 heteroatoms. The van der Waals surface area contributed by atoms with Crippen LogP contribution in [0.4, 0.5) is 0 Å². The molecule has 0 saturated carbocycles. The third kappa shape index (κ3) is 1.76. The van der Waals surface area contributed by atoms with Crippen LogP contribution in [0.3, 0.4) is 0 Å². The molecule has 1 aliphatic rings. The van der Waals surface area contributed by atoms with Crippen LogP contribution in [0.25, 0.3) is 0 Å². The van der Waals surface area contributed by atoms with Crippen molar-refractivity contribution in [3.05, 3.63) is 11.9 Å². The molecule has 0 amide bonds. The maximum Gasteiger partial charge on any atom is 1.00 e. The average Bonchev–Trinajstić information content (AvgIpc) is 2.49. The van der Waals surface area contributed by atoms with Gasteiger partial charge in [0.2, 0.25) is 0 Å². The van der Waals surface area contributed by atoms with Crippen molar-refractivity contribution in [2.75, 3.05) is 0 Å². The minimum atomic E-state index is -1.07. The molecule has 1 aliphatic heterocycles. The molecule has 0 fully saturated rings. The molecule has 0 N–H and O–H groups in total. The third-order valence-corrected chi connectivity index (χ3v) is 2.13. The zero-order valence-electron chi connectivity index (χ0n) is 7.43. The maximum atomic E-state index is 10.6. The number of carbonyl (C=O) groups is 1. The number of hydrogen-bond donors (Lipinski definition) is 0. The largest absolute Gasteiger partial charge is 1.00 e. The molecule has 0 bridgehead atoms. The number of aromatic nitrogens is 3. The fourth-order valence-electron chi connectivity index (χ4n) is 1.52. The molecule has 0 aromatic carbocycles. The van der Waals surface area contributed by atoms with Crippen LogP contribution in [-0.2, 0) is 11.2 Å². The molecule has 0 radical (unpaired) electrons. The van der Waals surface area contributed by atoms with Gasteiger partial charge in [-0.15, -0.1) is 5.10 Å². The number of fused-ring (bicyclic) bond motifs is 1. The SMILES string of the molecule is O=C([O-])C1CCCc2cnnn21.[Li+]. The summed E-state index contributed by atoms with van der Waals surface area (Å²) in [5, 5.41) is 18.0. The smallest absolute Gasteiger partial charge is 0.548 e. The average molecular weight is 173 g/mol. The van der Waals surface area contributed by atoms with E-state index in [4.69, 9.17) is 0 Å². The standard InChI is InChI=1S/C7H9N3O2.Li/c11-7(12)6-3-1-2-5-4-8-9-10(5)6;/h4,6H,1-3H2,(H,11,12);/q;+1/p-1. The van der Waals surface area contributed by atoms with Crippen LogP contribution in [0.15, 0.2) is 6.20 Å². The Balaban J connectivity index is 0.000000845.